The molecule has 1 aromatic heterocycles. The predicted molar refractivity (Wildman–Crippen MR) is 129 cm³/mol. The summed E-state index contributed by atoms with van der Waals surface area (Å²) < 4.78 is 11.5. The molecule has 1 saturated heterocycles. The van der Waals surface area contributed by atoms with Crippen LogP contribution in [0.25, 0.3) is 0 Å². The molecule has 3 rings (SSSR count). The first-order chi connectivity index (χ1) is 16.1. The molecule has 10 nitrogen and oxygen atoms in total. The molecule has 1 amide bonds. The normalized spacial score (nSPS) is 19.5. The predicted octanol–water partition coefficient (Wildman–Crippen LogP) is 1.93. The largest absolute Gasteiger partial charge is 0.444 e. The van der Waals surface area contributed by atoms with E-state index < -0.39 is 5.60 Å². The lowest BCUT2D eigenvalue weighted by Gasteiger charge is -2.42. The zero-order chi connectivity index (χ0) is 24.9. The van der Waals surface area contributed by atoms with E-state index in [1.807, 2.05) is 46.7 Å². The number of amides is 1. The number of anilines is 1. The average molecular weight is 474 g/mol. The highest BCUT2D eigenvalue weighted by Gasteiger charge is 2.35. The van der Waals surface area contributed by atoms with Gasteiger partial charge < -0.3 is 24.6 Å². The average Bonchev–Trinajstić information content (AvgIpc) is 2.77. The van der Waals surface area contributed by atoms with Gasteiger partial charge in [-0.2, -0.15) is 5.26 Å². The van der Waals surface area contributed by atoms with Crippen molar-refractivity contribution in [2.75, 3.05) is 51.8 Å². The third-order valence-corrected chi connectivity index (χ3v) is 5.99. The minimum atomic E-state index is -0.581. The maximum Gasteiger partial charge on any atom is 0.410 e. The van der Waals surface area contributed by atoms with Crippen LogP contribution in [0.1, 0.15) is 51.2 Å². The van der Waals surface area contributed by atoms with Crippen LogP contribution >= 0.6 is 0 Å². The van der Waals surface area contributed by atoms with Gasteiger partial charge in [-0.05, 0) is 54.8 Å². The van der Waals surface area contributed by atoms with Crippen molar-refractivity contribution in [3.63, 3.8) is 0 Å². The van der Waals surface area contributed by atoms with Gasteiger partial charge in [-0.1, -0.05) is 0 Å². The molecule has 3 heterocycles. The van der Waals surface area contributed by atoms with E-state index >= 15 is 0 Å². The van der Waals surface area contributed by atoms with Gasteiger partial charge in [-0.15, -0.1) is 0 Å². The molecule has 0 aliphatic carbocycles. The first kappa shape index (κ1) is 26.1. The smallest absolute Gasteiger partial charge is 0.410 e. The molecule has 1 unspecified atom stereocenters. The Labute approximate surface area is 203 Å². The second-order valence-corrected chi connectivity index (χ2v) is 10.0. The summed E-state index contributed by atoms with van der Waals surface area (Å²) in [6, 6.07) is 1.98. The number of likely N-dealkylation sites (N-methyl/N-ethyl adjacent to an activating group) is 1. The number of hydrogen-bond donors (Lipinski definition) is 1. The zero-order valence-electron chi connectivity index (χ0n) is 21.4. The van der Waals surface area contributed by atoms with E-state index in [1.165, 1.54) is 0 Å². The van der Waals surface area contributed by atoms with Gasteiger partial charge in [0.15, 0.2) is 0 Å². The number of nitrogens with zero attached hydrogens (tertiary/aromatic N) is 6. The van der Waals surface area contributed by atoms with E-state index in [2.05, 4.69) is 16.3 Å². The van der Waals surface area contributed by atoms with Crippen molar-refractivity contribution in [3.05, 3.63) is 17.1 Å². The van der Waals surface area contributed by atoms with Crippen LogP contribution in [0, 0.1) is 11.3 Å². The van der Waals surface area contributed by atoms with Crippen LogP contribution in [0.5, 0.6) is 0 Å². The van der Waals surface area contributed by atoms with Gasteiger partial charge in [0.1, 0.15) is 23.5 Å². The van der Waals surface area contributed by atoms with Gasteiger partial charge in [-0.3, -0.25) is 4.90 Å². The van der Waals surface area contributed by atoms with Gasteiger partial charge in [-0.25, -0.2) is 14.8 Å². The van der Waals surface area contributed by atoms with Crippen LogP contribution < -0.4 is 10.2 Å². The number of hydrogen-bond acceptors (Lipinski definition) is 9. The molecular weight excluding hydrogens is 434 g/mol. The van der Waals surface area contributed by atoms with Crippen molar-refractivity contribution in [1.29, 1.82) is 5.26 Å². The first-order valence-electron chi connectivity index (χ1n) is 12.1. The van der Waals surface area contributed by atoms with Crippen LogP contribution in [0.2, 0.25) is 0 Å². The van der Waals surface area contributed by atoms with Crippen LogP contribution in [0.4, 0.5) is 10.6 Å². The van der Waals surface area contributed by atoms with E-state index in [9.17, 15) is 10.1 Å². The fourth-order valence-corrected chi connectivity index (χ4v) is 4.37. The Balaban J connectivity index is 1.88. The third kappa shape index (κ3) is 6.56. The summed E-state index contributed by atoms with van der Waals surface area (Å²) in [4.78, 5) is 28.6. The molecule has 0 radical (unpaired) electrons. The lowest BCUT2D eigenvalue weighted by Crippen LogP contribution is -2.56. The highest BCUT2D eigenvalue weighted by Crippen LogP contribution is 2.28. The lowest BCUT2D eigenvalue weighted by molar-refractivity contribution is -0.0302. The summed E-state index contributed by atoms with van der Waals surface area (Å²) >= 11 is 0. The van der Waals surface area contributed by atoms with Gasteiger partial charge in [0.05, 0.1) is 24.2 Å². The lowest BCUT2D eigenvalue weighted by atomic mass is 10.0. The van der Waals surface area contributed by atoms with Gasteiger partial charge in [0.25, 0.3) is 0 Å². The Kier molecular flexibility index (Phi) is 8.68. The van der Waals surface area contributed by atoms with Crippen molar-refractivity contribution < 1.29 is 14.3 Å². The number of ether oxygens (including phenoxy) is 2. The van der Waals surface area contributed by atoms with Crippen molar-refractivity contribution in [1.82, 2.24) is 25.1 Å². The van der Waals surface area contributed by atoms with Crippen LogP contribution in [-0.4, -0.2) is 90.6 Å². The van der Waals surface area contributed by atoms with Crippen molar-refractivity contribution in [2.45, 2.75) is 71.4 Å². The molecule has 0 aromatic carbocycles. The summed E-state index contributed by atoms with van der Waals surface area (Å²) in [6.45, 7) is 11.4. The summed E-state index contributed by atoms with van der Waals surface area (Å²) in [6.07, 6.45) is 1.20. The number of nitrogens with one attached hydrogen (secondary N) is 1. The summed E-state index contributed by atoms with van der Waals surface area (Å²) in [5.41, 5.74) is 1.59. The highest BCUT2D eigenvalue weighted by atomic mass is 16.6. The number of aromatic nitrogens is 2. The van der Waals surface area contributed by atoms with Crippen molar-refractivity contribution in [3.8, 4) is 6.07 Å². The molecule has 2 aliphatic heterocycles. The van der Waals surface area contributed by atoms with E-state index in [0.717, 1.165) is 35.9 Å². The molecular formula is C24H39N7O3. The Morgan fingerprint density at radius 2 is 2.09 bits per heavy atom. The maximum atomic E-state index is 12.8. The number of nitriles is 1. The highest BCUT2D eigenvalue weighted by molar-refractivity contribution is 5.69. The summed E-state index contributed by atoms with van der Waals surface area (Å²) in [7, 11) is 3.98. The Morgan fingerprint density at radius 3 is 2.74 bits per heavy atom. The summed E-state index contributed by atoms with van der Waals surface area (Å²) in [5, 5.41) is 12.9. The Bertz CT molecular complexity index is 894. The molecule has 34 heavy (non-hydrogen) atoms. The van der Waals surface area contributed by atoms with E-state index in [1.54, 1.807) is 4.90 Å². The number of fused-ring (bicyclic) bond motifs is 1. The van der Waals surface area contributed by atoms with Gasteiger partial charge in [0, 0.05) is 44.8 Å². The Morgan fingerprint density at radius 1 is 1.32 bits per heavy atom. The molecule has 1 fully saturated rings. The van der Waals surface area contributed by atoms with Crippen LogP contribution in [0.15, 0.2) is 0 Å². The summed E-state index contributed by atoms with van der Waals surface area (Å²) in [5.74, 6) is 1.67. The number of rotatable bonds is 7. The van der Waals surface area contributed by atoms with E-state index in [-0.39, 0.29) is 24.8 Å². The van der Waals surface area contributed by atoms with Gasteiger partial charge in [0.2, 0.25) is 0 Å². The minimum Gasteiger partial charge on any atom is -0.444 e. The van der Waals surface area contributed by atoms with E-state index in [4.69, 9.17) is 19.4 Å². The molecule has 0 bridgehead atoms. The van der Waals surface area contributed by atoms with Crippen LogP contribution in [0.3, 0.4) is 0 Å². The van der Waals surface area contributed by atoms with Gasteiger partial charge >= 0.3 is 6.09 Å². The number of carbonyl (C=O) groups excluding carboxylic acids is 1. The molecule has 2 atom stereocenters. The molecule has 1 N–H and O–H groups in total. The van der Waals surface area contributed by atoms with Crippen molar-refractivity contribution >= 4 is 11.9 Å². The molecule has 1 aromatic rings. The SMILES string of the molecule is CCOC(Cc1nc2c(c(N3CCN(C(=O)OC(C)(C)C)[C@@H](CC#N)C3)n1)CCNC2)N(C)C. The molecule has 188 valence electrons. The quantitative estimate of drug-likeness (QED) is 0.594. The molecule has 0 saturated carbocycles. The van der Waals surface area contributed by atoms with Crippen molar-refractivity contribution in [2.24, 2.45) is 0 Å². The number of piperazine rings is 1. The van der Waals surface area contributed by atoms with Crippen LogP contribution in [-0.2, 0) is 28.9 Å². The maximum absolute atomic E-state index is 12.8. The molecule has 2 aliphatic rings. The number of carbonyl (C=O) groups is 1. The fourth-order valence-electron chi connectivity index (χ4n) is 4.37. The third-order valence-electron chi connectivity index (χ3n) is 5.99. The Hall–Kier alpha value is -2.48. The van der Waals surface area contributed by atoms with E-state index in [0.29, 0.717) is 39.2 Å². The first-order valence-corrected chi connectivity index (χ1v) is 12.1. The molecule has 0 spiro atoms. The standard InChI is InChI=1S/C24H39N7O3/c1-7-33-21(29(5)6)14-20-27-19-15-26-11-9-18(19)22(28-20)30-12-13-31(17(16-30)8-10-25)23(32)34-24(2,3)4/h17,21,26H,7-9,11-16H2,1-6H3/t17-,21?/m0/s1. The second-order valence-electron chi connectivity index (χ2n) is 10.0. The monoisotopic (exact) mass is 473 g/mol. The second kappa shape index (κ2) is 11.3. The fraction of sp³-hybridized carbons (Fsp3) is 0.750. The topological polar surface area (TPSA) is 107 Å². The zero-order valence-corrected chi connectivity index (χ0v) is 21.4. The minimum absolute atomic E-state index is 0.109. The molecule has 10 heteroatoms.